The van der Waals surface area contributed by atoms with Crippen LogP contribution in [0.25, 0.3) is 0 Å². The lowest BCUT2D eigenvalue weighted by atomic mass is 10.2. The van der Waals surface area contributed by atoms with Crippen molar-refractivity contribution < 1.29 is 17.2 Å². The summed E-state index contributed by atoms with van der Waals surface area (Å²) in [4.78, 5) is -0.0242. The Labute approximate surface area is 120 Å². The second-order valence-electron chi connectivity index (χ2n) is 4.17. The summed E-state index contributed by atoms with van der Waals surface area (Å²) in [7, 11) is -3.95. The van der Waals surface area contributed by atoms with E-state index in [0.29, 0.717) is 6.07 Å². The van der Waals surface area contributed by atoms with Crippen LogP contribution in [0.5, 0.6) is 0 Å². The molecule has 0 aliphatic heterocycles. The molecule has 0 aliphatic carbocycles. The van der Waals surface area contributed by atoms with Crippen LogP contribution in [-0.4, -0.2) is 8.42 Å². The maximum atomic E-state index is 13.3. The molecule has 0 radical (unpaired) electrons. The zero-order valence-electron chi connectivity index (χ0n) is 10.3. The van der Waals surface area contributed by atoms with Gasteiger partial charge < -0.3 is 0 Å². The number of anilines is 1. The van der Waals surface area contributed by atoms with Crippen molar-refractivity contribution in [3.8, 4) is 0 Å². The van der Waals surface area contributed by atoms with Crippen LogP contribution in [0.4, 0.5) is 14.5 Å². The Balaban J connectivity index is 2.41. The fourth-order valence-electron chi connectivity index (χ4n) is 1.55. The van der Waals surface area contributed by atoms with E-state index in [4.69, 9.17) is 11.6 Å². The quantitative estimate of drug-likeness (QED) is 0.877. The lowest BCUT2D eigenvalue weighted by molar-refractivity contribution is 0.584. The van der Waals surface area contributed by atoms with Crippen molar-refractivity contribution in [1.82, 2.24) is 0 Å². The number of hydrogen-bond acceptors (Lipinski definition) is 2. The summed E-state index contributed by atoms with van der Waals surface area (Å²) in [6.45, 7) is 1.81. The third-order valence-electron chi connectivity index (χ3n) is 2.57. The number of sulfonamides is 1. The van der Waals surface area contributed by atoms with Crippen molar-refractivity contribution in [2.45, 2.75) is 11.8 Å². The van der Waals surface area contributed by atoms with E-state index in [9.17, 15) is 17.2 Å². The molecule has 0 aromatic heterocycles. The van der Waals surface area contributed by atoms with Gasteiger partial charge in [-0.3, -0.25) is 4.72 Å². The Kier molecular flexibility index (Phi) is 3.96. The predicted molar refractivity (Wildman–Crippen MR) is 73.4 cm³/mol. The summed E-state index contributed by atoms with van der Waals surface area (Å²) in [5.74, 6) is -1.96. The van der Waals surface area contributed by atoms with Gasteiger partial charge in [-0.1, -0.05) is 29.3 Å². The van der Waals surface area contributed by atoms with Gasteiger partial charge in [-0.15, -0.1) is 0 Å². The molecule has 20 heavy (non-hydrogen) atoms. The summed E-state index contributed by atoms with van der Waals surface area (Å²) < 4.78 is 52.6. The van der Waals surface area contributed by atoms with Crippen molar-refractivity contribution in [3.05, 3.63) is 58.6 Å². The molecule has 1 N–H and O–H groups in total. The Morgan fingerprint density at radius 2 is 1.70 bits per heavy atom. The van der Waals surface area contributed by atoms with Gasteiger partial charge in [0.15, 0.2) is 0 Å². The monoisotopic (exact) mass is 317 g/mol. The number of nitrogens with one attached hydrogen (secondary N) is 1. The third kappa shape index (κ3) is 3.08. The van der Waals surface area contributed by atoms with E-state index < -0.39 is 26.7 Å². The van der Waals surface area contributed by atoms with Crippen molar-refractivity contribution >= 4 is 27.3 Å². The lowest BCUT2D eigenvalue weighted by Crippen LogP contribution is -2.13. The van der Waals surface area contributed by atoms with Crippen LogP contribution in [0, 0.1) is 18.6 Å². The minimum atomic E-state index is -3.95. The van der Waals surface area contributed by atoms with Crippen LogP contribution in [0.1, 0.15) is 5.56 Å². The maximum absolute atomic E-state index is 13.3. The molecule has 3 nitrogen and oxygen atoms in total. The van der Waals surface area contributed by atoms with E-state index in [1.165, 1.54) is 12.1 Å². The van der Waals surface area contributed by atoms with Crippen molar-refractivity contribution in [3.63, 3.8) is 0 Å². The van der Waals surface area contributed by atoms with Crippen LogP contribution in [0.3, 0.4) is 0 Å². The molecule has 0 heterocycles. The average molecular weight is 318 g/mol. The van der Waals surface area contributed by atoms with E-state index in [2.05, 4.69) is 4.72 Å². The van der Waals surface area contributed by atoms with Gasteiger partial charge in [-0.2, -0.15) is 0 Å². The van der Waals surface area contributed by atoms with Crippen LogP contribution >= 0.6 is 11.6 Å². The summed E-state index contributed by atoms with van der Waals surface area (Å²) in [5.41, 5.74) is 0.545. The second kappa shape index (κ2) is 5.38. The molecule has 2 aromatic carbocycles. The first-order chi connectivity index (χ1) is 9.29. The van der Waals surface area contributed by atoms with Gasteiger partial charge in [0.05, 0.1) is 10.6 Å². The smallest absolute Gasteiger partial charge is 0.261 e. The molecule has 0 bridgehead atoms. The zero-order chi connectivity index (χ0) is 14.9. The van der Waals surface area contributed by atoms with Crippen LogP contribution in [0.2, 0.25) is 5.02 Å². The van der Waals surface area contributed by atoms with Crippen LogP contribution in [-0.2, 0) is 10.0 Å². The molecular formula is C13H10ClF2NO2S. The Hall–Kier alpha value is -1.66. The highest BCUT2D eigenvalue weighted by Gasteiger charge is 2.18. The highest BCUT2D eigenvalue weighted by Crippen LogP contribution is 2.28. The lowest BCUT2D eigenvalue weighted by Gasteiger charge is -2.10. The van der Waals surface area contributed by atoms with Gasteiger partial charge in [0.2, 0.25) is 0 Å². The molecule has 0 saturated carbocycles. The highest BCUT2D eigenvalue weighted by molar-refractivity contribution is 7.92. The van der Waals surface area contributed by atoms with Gasteiger partial charge in [-0.25, -0.2) is 17.2 Å². The average Bonchev–Trinajstić information content (AvgIpc) is 2.35. The SMILES string of the molecule is Cc1ccc(S(=O)(=O)Nc2cc(F)cc(F)c2Cl)cc1. The van der Waals surface area contributed by atoms with Crippen molar-refractivity contribution in [1.29, 1.82) is 0 Å². The summed E-state index contributed by atoms with van der Waals surface area (Å²) in [6, 6.07) is 7.40. The minimum absolute atomic E-state index is 0.0242. The minimum Gasteiger partial charge on any atom is -0.278 e. The molecule has 0 amide bonds. The standard InChI is InChI=1S/C13H10ClF2NO2S/c1-8-2-4-10(5-3-8)20(18,19)17-12-7-9(15)6-11(16)13(12)14/h2-7,17H,1H3. The van der Waals surface area contributed by atoms with Gasteiger partial charge >= 0.3 is 0 Å². The topological polar surface area (TPSA) is 46.2 Å². The molecule has 0 atom stereocenters. The van der Waals surface area contributed by atoms with Gasteiger partial charge in [0.25, 0.3) is 10.0 Å². The van der Waals surface area contributed by atoms with Crippen LogP contribution < -0.4 is 4.72 Å². The number of halogens is 3. The fourth-order valence-corrected chi connectivity index (χ4v) is 2.83. The molecule has 0 spiro atoms. The molecule has 7 heteroatoms. The van der Waals surface area contributed by atoms with Gasteiger partial charge in [0.1, 0.15) is 16.7 Å². The zero-order valence-corrected chi connectivity index (χ0v) is 11.9. The number of hydrogen-bond donors (Lipinski definition) is 1. The Bertz CT molecular complexity index is 746. The van der Waals surface area contributed by atoms with E-state index in [-0.39, 0.29) is 10.6 Å². The highest BCUT2D eigenvalue weighted by atomic mass is 35.5. The first-order valence-corrected chi connectivity index (χ1v) is 7.40. The maximum Gasteiger partial charge on any atom is 0.261 e. The molecule has 0 saturated heterocycles. The van der Waals surface area contributed by atoms with E-state index in [1.54, 1.807) is 12.1 Å². The normalized spacial score (nSPS) is 11.4. The fraction of sp³-hybridized carbons (Fsp3) is 0.0769. The number of rotatable bonds is 3. The van der Waals surface area contributed by atoms with E-state index >= 15 is 0 Å². The number of benzene rings is 2. The molecule has 0 unspecified atom stereocenters. The Morgan fingerprint density at radius 3 is 2.30 bits per heavy atom. The predicted octanol–water partition coefficient (Wildman–Crippen LogP) is 3.73. The van der Waals surface area contributed by atoms with Gasteiger partial charge in [0, 0.05) is 6.07 Å². The summed E-state index contributed by atoms with van der Waals surface area (Å²) in [5, 5.41) is -0.484. The molecule has 0 aliphatic rings. The van der Waals surface area contributed by atoms with E-state index in [1.807, 2.05) is 6.92 Å². The van der Waals surface area contributed by atoms with E-state index in [0.717, 1.165) is 11.6 Å². The van der Waals surface area contributed by atoms with Crippen molar-refractivity contribution in [2.75, 3.05) is 4.72 Å². The first-order valence-electron chi connectivity index (χ1n) is 5.53. The third-order valence-corrected chi connectivity index (χ3v) is 4.33. The summed E-state index contributed by atoms with van der Waals surface area (Å²) in [6.07, 6.45) is 0. The number of aryl methyl sites for hydroxylation is 1. The second-order valence-corrected chi connectivity index (χ2v) is 6.23. The molecule has 2 rings (SSSR count). The van der Waals surface area contributed by atoms with Crippen molar-refractivity contribution in [2.24, 2.45) is 0 Å². The largest absolute Gasteiger partial charge is 0.278 e. The Morgan fingerprint density at radius 1 is 1.10 bits per heavy atom. The van der Waals surface area contributed by atoms with Crippen LogP contribution in [0.15, 0.2) is 41.3 Å². The summed E-state index contributed by atoms with van der Waals surface area (Å²) >= 11 is 5.62. The molecular weight excluding hydrogens is 308 g/mol. The van der Waals surface area contributed by atoms with Gasteiger partial charge in [-0.05, 0) is 25.1 Å². The first kappa shape index (κ1) is 14.7. The molecule has 106 valence electrons. The molecule has 2 aromatic rings. The molecule has 0 fully saturated rings.